The summed E-state index contributed by atoms with van der Waals surface area (Å²) in [5.74, 6) is 0.0646. The number of aromatic nitrogens is 2. The fourth-order valence-electron chi connectivity index (χ4n) is 3.45. The molecule has 0 fully saturated rings. The summed E-state index contributed by atoms with van der Waals surface area (Å²) in [6.07, 6.45) is 9.27. The van der Waals surface area contributed by atoms with Crippen molar-refractivity contribution in [3.8, 4) is 11.9 Å². The van der Waals surface area contributed by atoms with E-state index in [1.807, 2.05) is 48.6 Å². The minimum atomic E-state index is 0.0646. The fourth-order valence-corrected chi connectivity index (χ4v) is 3.45. The number of hydrogen-bond donors (Lipinski definition) is 2. The Morgan fingerprint density at radius 3 is 2.67 bits per heavy atom. The quantitative estimate of drug-likeness (QED) is 0.556. The van der Waals surface area contributed by atoms with Gasteiger partial charge in [0, 0.05) is 34.1 Å². The first-order valence-electron chi connectivity index (χ1n) is 9.32. The molecule has 0 unspecified atom stereocenters. The highest BCUT2D eigenvalue weighted by Crippen LogP contribution is 2.28. The Balaban J connectivity index is 1.57. The zero-order valence-electron chi connectivity index (χ0n) is 15.7. The molecule has 3 heterocycles. The van der Waals surface area contributed by atoms with Gasteiger partial charge in [-0.2, -0.15) is 5.26 Å². The average molecular weight is 389 g/mol. The molecule has 0 atom stereocenters. The van der Waals surface area contributed by atoms with E-state index in [9.17, 15) is 5.11 Å². The highest BCUT2D eigenvalue weighted by atomic mass is 16.3. The summed E-state index contributed by atoms with van der Waals surface area (Å²) in [6, 6.07) is 17.1. The molecule has 5 rings (SSSR count). The number of fused-ring (bicyclic) bond motifs is 2. The summed E-state index contributed by atoms with van der Waals surface area (Å²) in [5, 5.41) is 30.7. The number of hydrogen-bond acceptors (Lipinski definition) is 5. The lowest BCUT2D eigenvalue weighted by Gasteiger charge is -1.95. The van der Waals surface area contributed by atoms with Crippen LogP contribution in [0.1, 0.15) is 16.7 Å². The normalized spacial score (nSPS) is 13.3. The van der Waals surface area contributed by atoms with Crippen LogP contribution < -0.4 is 10.4 Å². The topological polar surface area (TPSA) is 97.4 Å². The number of nitrogens with one attached hydrogen (secondary N) is 1. The van der Waals surface area contributed by atoms with Crippen LogP contribution in [-0.4, -0.2) is 15.1 Å². The summed E-state index contributed by atoms with van der Waals surface area (Å²) in [5.41, 5.74) is 4.56. The van der Waals surface area contributed by atoms with E-state index < -0.39 is 0 Å². The molecule has 0 spiro atoms. The first-order valence-corrected chi connectivity index (χ1v) is 9.32. The van der Waals surface area contributed by atoms with Gasteiger partial charge in [0.2, 0.25) is 0 Å². The maximum absolute atomic E-state index is 10.3. The van der Waals surface area contributed by atoms with Crippen LogP contribution in [0.25, 0.3) is 28.8 Å². The Labute approximate surface area is 171 Å². The van der Waals surface area contributed by atoms with E-state index in [2.05, 4.69) is 26.3 Å². The monoisotopic (exact) mass is 389 g/mol. The Kier molecular flexibility index (Phi) is 4.19. The van der Waals surface area contributed by atoms with Crippen LogP contribution in [0.2, 0.25) is 0 Å². The lowest BCUT2D eigenvalue weighted by atomic mass is 10.1. The summed E-state index contributed by atoms with van der Waals surface area (Å²) >= 11 is 0. The number of nitriles is 1. The van der Waals surface area contributed by atoms with E-state index in [4.69, 9.17) is 5.26 Å². The third kappa shape index (κ3) is 3.15. The molecule has 1 aliphatic heterocycles. The summed E-state index contributed by atoms with van der Waals surface area (Å²) in [7, 11) is 0. The summed E-state index contributed by atoms with van der Waals surface area (Å²) < 4.78 is 0. The van der Waals surface area contributed by atoms with Crippen molar-refractivity contribution in [2.45, 2.75) is 0 Å². The minimum absolute atomic E-state index is 0.0646. The smallest absolute Gasteiger partial charge is 0.196 e. The van der Waals surface area contributed by atoms with E-state index >= 15 is 0 Å². The highest BCUT2D eigenvalue weighted by molar-refractivity contribution is 5.92. The molecule has 30 heavy (non-hydrogen) atoms. The van der Waals surface area contributed by atoms with Gasteiger partial charge in [-0.1, -0.05) is 12.1 Å². The molecule has 2 aromatic carbocycles. The number of rotatable bonds is 3. The SMILES string of the molecule is N#Cc1ccc2[nH]c(O)c(C=c3ccc4c(c3)N=NC=4/C=C/c3ccncc3)c2c1. The van der Waals surface area contributed by atoms with E-state index in [1.54, 1.807) is 30.6 Å². The van der Waals surface area contributed by atoms with Gasteiger partial charge in [0.05, 0.1) is 23.0 Å². The summed E-state index contributed by atoms with van der Waals surface area (Å²) in [4.78, 5) is 6.96. The van der Waals surface area contributed by atoms with Crippen LogP contribution in [0.15, 0.2) is 77.2 Å². The van der Waals surface area contributed by atoms with Crippen LogP contribution in [0, 0.1) is 11.3 Å². The number of aromatic hydroxyl groups is 1. The molecule has 2 aromatic heterocycles. The lowest BCUT2D eigenvalue weighted by Crippen LogP contribution is -2.08. The third-order valence-electron chi connectivity index (χ3n) is 4.96. The molecule has 0 aliphatic carbocycles. The lowest BCUT2D eigenvalue weighted by molar-refractivity contribution is 0.457. The first-order chi connectivity index (χ1) is 14.7. The van der Waals surface area contributed by atoms with E-state index in [1.165, 1.54) is 0 Å². The van der Waals surface area contributed by atoms with Gasteiger partial charge in [-0.3, -0.25) is 4.98 Å². The van der Waals surface area contributed by atoms with Crippen molar-refractivity contribution < 1.29 is 5.11 Å². The molecule has 142 valence electrons. The van der Waals surface area contributed by atoms with Crippen molar-refractivity contribution in [3.05, 3.63) is 94.1 Å². The van der Waals surface area contributed by atoms with Gasteiger partial charge in [-0.25, -0.2) is 0 Å². The zero-order chi connectivity index (χ0) is 20.5. The molecule has 0 amide bonds. The largest absolute Gasteiger partial charge is 0.494 e. The average Bonchev–Trinajstić information content (AvgIpc) is 3.32. The van der Waals surface area contributed by atoms with E-state index in [0.717, 1.165) is 38.3 Å². The second-order valence-electron chi connectivity index (χ2n) is 6.88. The maximum Gasteiger partial charge on any atom is 0.196 e. The molecule has 6 heteroatoms. The second-order valence-corrected chi connectivity index (χ2v) is 6.88. The van der Waals surface area contributed by atoms with Gasteiger partial charge in [0.15, 0.2) is 5.88 Å². The minimum Gasteiger partial charge on any atom is -0.494 e. The van der Waals surface area contributed by atoms with Crippen LogP contribution in [-0.2, 0) is 0 Å². The fraction of sp³-hybridized carbons (Fsp3) is 0. The number of aromatic amines is 1. The van der Waals surface area contributed by atoms with Crippen molar-refractivity contribution >= 4 is 34.4 Å². The van der Waals surface area contributed by atoms with Crippen molar-refractivity contribution in [2.75, 3.05) is 0 Å². The first kappa shape index (κ1) is 17.6. The van der Waals surface area contributed by atoms with E-state index in [0.29, 0.717) is 11.1 Å². The van der Waals surface area contributed by atoms with Crippen molar-refractivity contribution in [1.82, 2.24) is 9.97 Å². The molecule has 2 N–H and O–H groups in total. The number of pyridine rings is 1. The summed E-state index contributed by atoms with van der Waals surface area (Å²) in [6.45, 7) is 0. The van der Waals surface area contributed by atoms with Gasteiger partial charge < -0.3 is 10.1 Å². The molecular formula is C24H15N5O. The van der Waals surface area contributed by atoms with Crippen LogP contribution in [0.4, 0.5) is 5.69 Å². The van der Waals surface area contributed by atoms with Gasteiger partial charge >= 0.3 is 0 Å². The number of nitrogens with zero attached hydrogens (tertiary/aromatic N) is 4. The van der Waals surface area contributed by atoms with Crippen molar-refractivity contribution in [1.29, 1.82) is 5.26 Å². The molecule has 0 bridgehead atoms. The van der Waals surface area contributed by atoms with Crippen molar-refractivity contribution in [2.24, 2.45) is 10.2 Å². The van der Waals surface area contributed by atoms with Gasteiger partial charge in [0.25, 0.3) is 0 Å². The van der Waals surface area contributed by atoms with Gasteiger partial charge in [0.1, 0.15) is 0 Å². The van der Waals surface area contributed by atoms with Crippen LogP contribution in [0.5, 0.6) is 5.88 Å². The molecule has 0 saturated carbocycles. The molecule has 6 nitrogen and oxygen atoms in total. The number of H-pyrrole nitrogens is 1. The second kappa shape index (κ2) is 7.15. The number of benzene rings is 2. The molecule has 0 radical (unpaired) electrons. The van der Waals surface area contributed by atoms with Crippen LogP contribution >= 0.6 is 0 Å². The van der Waals surface area contributed by atoms with Crippen LogP contribution in [0.3, 0.4) is 0 Å². The maximum atomic E-state index is 10.3. The Bertz CT molecular complexity index is 1510. The molecule has 1 aliphatic rings. The Morgan fingerprint density at radius 1 is 0.967 bits per heavy atom. The predicted molar refractivity (Wildman–Crippen MR) is 115 cm³/mol. The Morgan fingerprint density at radius 2 is 1.83 bits per heavy atom. The van der Waals surface area contributed by atoms with E-state index in [-0.39, 0.29) is 5.88 Å². The predicted octanol–water partition coefficient (Wildman–Crippen LogP) is 3.89. The van der Waals surface area contributed by atoms with Gasteiger partial charge in [-0.15, -0.1) is 10.2 Å². The number of azo groups is 1. The molecule has 0 saturated heterocycles. The standard InChI is InChI=1S/C24H15N5O/c25-14-17-3-5-21-19(12-17)20(24(30)27-21)11-16-1-4-18-22(28-29-23(18)13-16)6-2-15-7-9-26-10-8-15/h1-13,27,30H/b6-2+,16-11?. The molecule has 4 aromatic rings. The zero-order valence-corrected chi connectivity index (χ0v) is 15.7. The van der Waals surface area contributed by atoms with Crippen molar-refractivity contribution in [3.63, 3.8) is 0 Å². The highest BCUT2D eigenvalue weighted by Gasteiger charge is 2.10. The Hall–Kier alpha value is -4.50. The molecular weight excluding hydrogens is 374 g/mol. The van der Waals surface area contributed by atoms with Gasteiger partial charge in [-0.05, 0) is 65.4 Å². The third-order valence-corrected chi connectivity index (χ3v) is 4.96.